The molecule has 0 aliphatic heterocycles. The van der Waals surface area contributed by atoms with E-state index in [-0.39, 0.29) is 5.88 Å². The number of alkyl halides is 1. The van der Waals surface area contributed by atoms with Crippen molar-refractivity contribution < 1.29 is 10.2 Å². The molecule has 1 rings (SSSR count). The lowest BCUT2D eigenvalue weighted by Crippen LogP contribution is -2.21. The van der Waals surface area contributed by atoms with E-state index in [2.05, 4.69) is 0 Å². The van der Waals surface area contributed by atoms with Crippen molar-refractivity contribution >= 4 is 11.6 Å². The highest BCUT2D eigenvalue weighted by atomic mass is 35.5. The van der Waals surface area contributed by atoms with Crippen molar-refractivity contribution in [2.45, 2.75) is 18.6 Å². The number of aliphatic hydroxyl groups excluding tert-OH is 2. The molecule has 0 heterocycles. The Hall–Kier alpha value is -0.610. The maximum Gasteiger partial charge on any atom is 0.106 e. The van der Waals surface area contributed by atoms with Crippen molar-refractivity contribution in [2.24, 2.45) is 5.73 Å². The predicted octanol–water partition coefficient (Wildman–Crippen LogP) is 0.821. The summed E-state index contributed by atoms with van der Waals surface area (Å²) in [6.07, 6.45) is -1.20. The van der Waals surface area contributed by atoms with Gasteiger partial charge in [-0.05, 0) is 24.1 Å². The van der Waals surface area contributed by atoms with Crippen molar-refractivity contribution in [3.8, 4) is 0 Å². The molecule has 0 aromatic heterocycles. The second-order valence-corrected chi connectivity index (χ2v) is 3.71. The minimum atomic E-state index is -0.940. The van der Waals surface area contributed by atoms with Gasteiger partial charge in [0.2, 0.25) is 0 Å². The molecule has 0 amide bonds. The lowest BCUT2D eigenvalue weighted by atomic mass is 9.97. The fraction of sp³-hybridized carbons (Fsp3) is 0.455. The molecule has 1 aromatic rings. The molecule has 15 heavy (non-hydrogen) atoms. The van der Waals surface area contributed by atoms with Crippen LogP contribution in [0, 0.1) is 0 Å². The maximum absolute atomic E-state index is 9.82. The molecule has 0 radical (unpaired) electrons. The smallest absolute Gasteiger partial charge is 0.106 e. The van der Waals surface area contributed by atoms with Gasteiger partial charge in [-0.25, -0.2) is 0 Å². The molecular weight excluding hydrogens is 214 g/mol. The summed E-state index contributed by atoms with van der Waals surface area (Å²) in [5, 5.41) is 19.3. The lowest BCUT2D eigenvalue weighted by Gasteiger charge is -2.18. The Labute approximate surface area is 94.5 Å². The third-order valence-electron chi connectivity index (χ3n) is 2.31. The number of aliphatic hydroxyl groups is 2. The van der Waals surface area contributed by atoms with Crippen molar-refractivity contribution in [1.29, 1.82) is 0 Å². The van der Waals surface area contributed by atoms with Crippen LogP contribution in [0.1, 0.15) is 17.2 Å². The summed E-state index contributed by atoms with van der Waals surface area (Å²) in [5.74, 6) is 0.0120. The first-order valence-electron chi connectivity index (χ1n) is 4.90. The van der Waals surface area contributed by atoms with Crippen LogP contribution in [-0.2, 0) is 6.42 Å². The molecular formula is C11H16ClNO2. The molecule has 0 saturated heterocycles. The molecule has 4 N–H and O–H groups in total. The van der Waals surface area contributed by atoms with Gasteiger partial charge in [-0.3, -0.25) is 0 Å². The Bertz CT molecular complexity index is 306. The molecule has 0 saturated carbocycles. The van der Waals surface area contributed by atoms with Crippen LogP contribution in [0.25, 0.3) is 0 Å². The van der Waals surface area contributed by atoms with Gasteiger partial charge >= 0.3 is 0 Å². The Morgan fingerprint density at radius 1 is 1.27 bits per heavy atom. The summed E-state index contributed by atoms with van der Waals surface area (Å²) < 4.78 is 0. The largest absolute Gasteiger partial charge is 0.389 e. The van der Waals surface area contributed by atoms with Crippen LogP contribution in [0.15, 0.2) is 24.3 Å². The molecule has 4 heteroatoms. The van der Waals surface area contributed by atoms with E-state index in [1.54, 1.807) is 6.07 Å². The van der Waals surface area contributed by atoms with Crippen molar-refractivity contribution in [3.05, 3.63) is 35.4 Å². The first-order valence-corrected chi connectivity index (χ1v) is 5.44. The fourth-order valence-electron chi connectivity index (χ4n) is 1.50. The minimum absolute atomic E-state index is 0.0120. The summed E-state index contributed by atoms with van der Waals surface area (Å²) in [6.45, 7) is 0.515. The molecule has 2 unspecified atom stereocenters. The maximum atomic E-state index is 9.82. The number of halogens is 1. The van der Waals surface area contributed by atoms with Crippen LogP contribution in [0.4, 0.5) is 0 Å². The van der Waals surface area contributed by atoms with Gasteiger partial charge in [0.05, 0.1) is 12.0 Å². The molecule has 0 bridgehead atoms. The van der Waals surface area contributed by atoms with E-state index in [9.17, 15) is 10.2 Å². The zero-order valence-corrected chi connectivity index (χ0v) is 9.19. The standard InChI is InChI=1S/C11H16ClNO2/c12-7-10(14)11(15)9-4-2-1-3-8(9)5-6-13/h1-4,10-11,14-15H,5-7,13H2. The van der Waals surface area contributed by atoms with E-state index in [4.69, 9.17) is 17.3 Å². The third kappa shape index (κ3) is 3.18. The summed E-state index contributed by atoms with van der Waals surface area (Å²) >= 11 is 5.49. The van der Waals surface area contributed by atoms with Gasteiger partial charge in [0.1, 0.15) is 6.10 Å². The monoisotopic (exact) mass is 229 g/mol. The van der Waals surface area contributed by atoms with Crippen LogP contribution in [0.5, 0.6) is 0 Å². The zero-order valence-electron chi connectivity index (χ0n) is 8.44. The van der Waals surface area contributed by atoms with E-state index in [0.717, 1.165) is 5.56 Å². The average molecular weight is 230 g/mol. The van der Waals surface area contributed by atoms with E-state index in [1.807, 2.05) is 18.2 Å². The highest BCUT2D eigenvalue weighted by Gasteiger charge is 2.19. The quantitative estimate of drug-likeness (QED) is 0.655. The molecule has 3 nitrogen and oxygen atoms in total. The first-order chi connectivity index (χ1) is 7.20. The van der Waals surface area contributed by atoms with Gasteiger partial charge in [0.15, 0.2) is 0 Å². The average Bonchev–Trinajstić information content (AvgIpc) is 2.28. The van der Waals surface area contributed by atoms with E-state index >= 15 is 0 Å². The van der Waals surface area contributed by atoms with Crippen LogP contribution in [0.2, 0.25) is 0 Å². The molecule has 84 valence electrons. The fourth-order valence-corrected chi connectivity index (χ4v) is 1.67. The van der Waals surface area contributed by atoms with Crippen molar-refractivity contribution in [3.63, 3.8) is 0 Å². The number of rotatable bonds is 5. The normalized spacial score (nSPS) is 14.9. The Balaban J connectivity index is 2.91. The SMILES string of the molecule is NCCc1ccccc1C(O)C(O)CCl. The molecule has 0 aliphatic carbocycles. The van der Waals surface area contributed by atoms with Gasteiger partial charge in [-0.15, -0.1) is 11.6 Å². The Morgan fingerprint density at radius 2 is 1.93 bits per heavy atom. The van der Waals surface area contributed by atoms with Crippen LogP contribution in [0.3, 0.4) is 0 Å². The molecule has 1 aromatic carbocycles. The molecule has 0 fully saturated rings. The summed E-state index contributed by atoms with van der Waals surface area (Å²) in [6, 6.07) is 7.38. The number of hydrogen-bond donors (Lipinski definition) is 3. The summed E-state index contributed by atoms with van der Waals surface area (Å²) in [5.41, 5.74) is 7.13. The topological polar surface area (TPSA) is 66.5 Å². The van der Waals surface area contributed by atoms with Gasteiger partial charge in [0, 0.05) is 0 Å². The number of hydrogen-bond acceptors (Lipinski definition) is 3. The van der Waals surface area contributed by atoms with E-state index in [1.165, 1.54) is 0 Å². The van der Waals surface area contributed by atoms with Crippen molar-refractivity contribution in [2.75, 3.05) is 12.4 Å². The number of benzene rings is 1. The van der Waals surface area contributed by atoms with Crippen LogP contribution < -0.4 is 5.73 Å². The van der Waals surface area contributed by atoms with E-state index in [0.29, 0.717) is 18.5 Å². The molecule has 2 atom stereocenters. The zero-order chi connectivity index (χ0) is 11.3. The lowest BCUT2D eigenvalue weighted by molar-refractivity contribution is 0.0322. The van der Waals surface area contributed by atoms with Gasteiger partial charge in [-0.2, -0.15) is 0 Å². The molecule has 0 spiro atoms. The first kappa shape index (κ1) is 12.5. The van der Waals surface area contributed by atoms with Gasteiger partial charge in [-0.1, -0.05) is 24.3 Å². The second-order valence-electron chi connectivity index (χ2n) is 3.40. The predicted molar refractivity (Wildman–Crippen MR) is 60.9 cm³/mol. The summed E-state index contributed by atoms with van der Waals surface area (Å²) in [7, 11) is 0. The number of nitrogens with two attached hydrogens (primary N) is 1. The van der Waals surface area contributed by atoms with Gasteiger partial charge < -0.3 is 15.9 Å². The highest BCUT2D eigenvalue weighted by molar-refractivity contribution is 6.18. The Kier molecular flexibility index (Phi) is 5.05. The van der Waals surface area contributed by atoms with Crippen LogP contribution >= 0.6 is 11.6 Å². The molecule has 0 aliphatic rings. The van der Waals surface area contributed by atoms with Gasteiger partial charge in [0.25, 0.3) is 0 Å². The van der Waals surface area contributed by atoms with Crippen molar-refractivity contribution in [1.82, 2.24) is 0 Å². The minimum Gasteiger partial charge on any atom is -0.389 e. The Morgan fingerprint density at radius 3 is 2.53 bits per heavy atom. The third-order valence-corrected chi connectivity index (χ3v) is 2.63. The summed E-state index contributed by atoms with van der Waals surface area (Å²) in [4.78, 5) is 0. The van der Waals surface area contributed by atoms with E-state index < -0.39 is 12.2 Å². The van der Waals surface area contributed by atoms with Crippen LogP contribution in [-0.4, -0.2) is 28.7 Å². The highest BCUT2D eigenvalue weighted by Crippen LogP contribution is 2.22. The second kappa shape index (κ2) is 6.08.